The molecule has 0 unspecified atom stereocenters. The quantitative estimate of drug-likeness (QED) is 0.731. The van der Waals surface area contributed by atoms with E-state index in [1.807, 2.05) is 24.3 Å². The summed E-state index contributed by atoms with van der Waals surface area (Å²) >= 11 is 0. The number of H-pyrrole nitrogens is 1. The van der Waals surface area contributed by atoms with Crippen molar-refractivity contribution in [3.05, 3.63) is 59.9 Å². The van der Waals surface area contributed by atoms with Gasteiger partial charge in [-0.05, 0) is 29.7 Å². The van der Waals surface area contributed by atoms with Gasteiger partial charge in [0.2, 0.25) is 10.0 Å². The molecule has 3 aromatic rings. The number of carboxylic acids is 1. The lowest BCUT2D eigenvalue weighted by Crippen LogP contribution is -2.45. The van der Waals surface area contributed by atoms with E-state index in [9.17, 15) is 18.3 Å². The molecule has 1 aliphatic heterocycles. The second-order valence-corrected chi connectivity index (χ2v) is 8.19. The molecule has 8 heteroatoms. The fourth-order valence-electron chi connectivity index (χ4n) is 3.49. The molecule has 0 spiro atoms. The number of pyridine rings is 1. The highest BCUT2D eigenvalue weighted by Gasteiger charge is 2.37. The molecule has 2 aromatic heterocycles. The van der Waals surface area contributed by atoms with E-state index in [0.717, 1.165) is 11.1 Å². The zero-order chi connectivity index (χ0) is 18.3. The van der Waals surface area contributed by atoms with Gasteiger partial charge in [0, 0.05) is 30.4 Å². The normalized spacial score (nSPS) is 17.9. The van der Waals surface area contributed by atoms with Crippen molar-refractivity contribution in [2.24, 2.45) is 0 Å². The Morgan fingerprint density at radius 1 is 1.23 bits per heavy atom. The molecule has 0 saturated carbocycles. The Hall–Kier alpha value is -2.71. The average Bonchev–Trinajstić information content (AvgIpc) is 3.05. The lowest BCUT2D eigenvalue weighted by Gasteiger charge is -2.35. The van der Waals surface area contributed by atoms with Crippen molar-refractivity contribution in [3.8, 4) is 0 Å². The highest BCUT2D eigenvalue weighted by atomic mass is 32.2. The lowest BCUT2D eigenvalue weighted by atomic mass is 9.94. The molecule has 0 radical (unpaired) electrons. The first-order valence-electron chi connectivity index (χ1n) is 8.19. The third kappa shape index (κ3) is 2.77. The van der Waals surface area contributed by atoms with Crippen LogP contribution >= 0.6 is 0 Å². The van der Waals surface area contributed by atoms with Crippen LogP contribution in [0.5, 0.6) is 0 Å². The molecule has 0 bridgehead atoms. The minimum atomic E-state index is -3.88. The number of hydrogen-bond acceptors (Lipinski definition) is 4. The van der Waals surface area contributed by atoms with E-state index in [0.29, 0.717) is 17.5 Å². The summed E-state index contributed by atoms with van der Waals surface area (Å²) < 4.78 is 28.0. The topological polar surface area (TPSA) is 103 Å². The van der Waals surface area contributed by atoms with Gasteiger partial charge in [-0.1, -0.05) is 24.3 Å². The van der Waals surface area contributed by atoms with Gasteiger partial charge < -0.3 is 10.1 Å². The summed E-state index contributed by atoms with van der Waals surface area (Å²) in [5, 5.41) is 9.76. The molecule has 0 saturated heterocycles. The third-order valence-corrected chi connectivity index (χ3v) is 6.66. The Labute approximate surface area is 150 Å². The van der Waals surface area contributed by atoms with E-state index in [-0.39, 0.29) is 17.9 Å². The molecule has 2 N–H and O–H groups in total. The molecular weight excluding hydrogens is 354 g/mol. The van der Waals surface area contributed by atoms with Gasteiger partial charge in [0.25, 0.3) is 0 Å². The van der Waals surface area contributed by atoms with Crippen LogP contribution in [0.25, 0.3) is 11.0 Å². The SMILES string of the molecule is O=C(O)C[C@@H]1Cc2ccccc2CN1S(=O)(=O)c1c[nH]c2ncccc12. The smallest absolute Gasteiger partial charge is 0.304 e. The number of hydrogen-bond donors (Lipinski definition) is 2. The van der Waals surface area contributed by atoms with Crippen LogP contribution in [0, 0.1) is 0 Å². The molecule has 0 amide bonds. The van der Waals surface area contributed by atoms with Crippen LogP contribution in [-0.2, 0) is 27.8 Å². The molecular formula is C18H17N3O4S. The number of carbonyl (C=O) groups is 1. The number of nitrogens with zero attached hydrogens (tertiary/aromatic N) is 2. The molecule has 1 aliphatic rings. The summed E-state index contributed by atoms with van der Waals surface area (Å²) in [6, 6.07) is 10.3. The Morgan fingerprint density at radius 2 is 2.00 bits per heavy atom. The van der Waals surface area contributed by atoms with E-state index in [2.05, 4.69) is 9.97 Å². The first-order chi connectivity index (χ1) is 12.5. The Morgan fingerprint density at radius 3 is 2.77 bits per heavy atom. The largest absolute Gasteiger partial charge is 0.481 e. The predicted octanol–water partition coefficient (Wildman–Crippen LogP) is 2.15. The molecule has 7 nitrogen and oxygen atoms in total. The summed E-state index contributed by atoms with van der Waals surface area (Å²) in [5.74, 6) is -1.02. The zero-order valence-corrected chi connectivity index (χ0v) is 14.6. The van der Waals surface area contributed by atoms with Gasteiger partial charge in [-0.25, -0.2) is 13.4 Å². The molecule has 3 heterocycles. The van der Waals surface area contributed by atoms with Gasteiger partial charge in [-0.3, -0.25) is 4.79 Å². The predicted molar refractivity (Wildman–Crippen MR) is 95.0 cm³/mol. The maximum Gasteiger partial charge on any atom is 0.304 e. The van der Waals surface area contributed by atoms with Crippen molar-refractivity contribution in [3.63, 3.8) is 0 Å². The van der Waals surface area contributed by atoms with Crippen LogP contribution in [0.3, 0.4) is 0 Å². The van der Waals surface area contributed by atoms with E-state index in [1.54, 1.807) is 18.3 Å². The van der Waals surface area contributed by atoms with Crippen molar-refractivity contribution in [2.75, 3.05) is 0 Å². The number of sulfonamides is 1. The van der Waals surface area contributed by atoms with Crippen molar-refractivity contribution in [2.45, 2.75) is 30.3 Å². The highest BCUT2D eigenvalue weighted by Crippen LogP contribution is 2.32. The van der Waals surface area contributed by atoms with E-state index in [1.165, 1.54) is 10.5 Å². The average molecular weight is 371 g/mol. The maximum atomic E-state index is 13.3. The number of aromatic nitrogens is 2. The number of rotatable bonds is 4. The molecule has 1 aromatic carbocycles. The monoisotopic (exact) mass is 371 g/mol. The minimum absolute atomic E-state index is 0.121. The first kappa shape index (κ1) is 16.7. The zero-order valence-electron chi connectivity index (χ0n) is 13.8. The first-order valence-corrected chi connectivity index (χ1v) is 9.63. The van der Waals surface area contributed by atoms with Crippen LogP contribution in [0.2, 0.25) is 0 Å². The summed E-state index contributed by atoms with van der Waals surface area (Å²) in [4.78, 5) is 18.4. The summed E-state index contributed by atoms with van der Waals surface area (Å²) in [7, 11) is -3.88. The summed E-state index contributed by atoms with van der Waals surface area (Å²) in [6.07, 6.45) is 3.14. The van der Waals surface area contributed by atoms with Gasteiger partial charge in [-0.15, -0.1) is 0 Å². The number of aromatic amines is 1. The fourth-order valence-corrected chi connectivity index (χ4v) is 5.24. The van der Waals surface area contributed by atoms with Crippen LogP contribution in [0.15, 0.2) is 53.7 Å². The van der Waals surface area contributed by atoms with Gasteiger partial charge in [0.15, 0.2) is 0 Å². The van der Waals surface area contributed by atoms with E-state index < -0.39 is 22.0 Å². The third-order valence-electron chi connectivity index (χ3n) is 4.72. The number of fused-ring (bicyclic) bond motifs is 2. The van der Waals surface area contributed by atoms with Gasteiger partial charge in [0.1, 0.15) is 10.5 Å². The van der Waals surface area contributed by atoms with Gasteiger partial charge >= 0.3 is 5.97 Å². The van der Waals surface area contributed by atoms with Crippen LogP contribution in [0.4, 0.5) is 0 Å². The number of benzene rings is 1. The minimum Gasteiger partial charge on any atom is -0.481 e. The molecule has 0 aliphatic carbocycles. The second kappa shape index (κ2) is 6.22. The number of carboxylic acid groups (broad SMARTS) is 1. The van der Waals surface area contributed by atoms with E-state index in [4.69, 9.17) is 0 Å². The standard InChI is InChI=1S/C18H17N3O4S/c22-17(23)9-14-8-12-4-1-2-5-13(12)11-21(14)26(24,25)16-10-20-18-15(16)6-3-7-19-18/h1-7,10,14H,8-9,11H2,(H,19,20)(H,22,23)/t14-/m0/s1. The van der Waals surface area contributed by atoms with Crippen molar-refractivity contribution < 1.29 is 18.3 Å². The van der Waals surface area contributed by atoms with Crippen LogP contribution < -0.4 is 0 Å². The number of nitrogens with one attached hydrogen (secondary N) is 1. The van der Waals surface area contributed by atoms with Crippen molar-refractivity contribution >= 4 is 27.0 Å². The van der Waals surface area contributed by atoms with Crippen molar-refractivity contribution in [1.82, 2.24) is 14.3 Å². The van der Waals surface area contributed by atoms with Crippen molar-refractivity contribution in [1.29, 1.82) is 0 Å². The molecule has 1 atom stereocenters. The van der Waals surface area contributed by atoms with Gasteiger partial charge in [-0.2, -0.15) is 4.31 Å². The second-order valence-electron chi connectivity index (χ2n) is 6.33. The molecule has 4 rings (SSSR count). The molecule has 26 heavy (non-hydrogen) atoms. The Balaban J connectivity index is 1.81. The summed E-state index contributed by atoms with van der Waals surface area (Å²) in [5.41, 5.74) is 2.37. The highest BCUT2D eigenvalue weighted by molar-refractivity contribution is 7.89. The maximum absolute atomic E-state index is 13.3. The lowest BCUT2D eigenvalue weighted by molar-refractivity contribution is -0.138. The Kier molecular flexibility index (Phi) is 4.01. The molecule has 134 valence electrons. The van der Waals surface area contributed by atoms with Crippen LogP contribution in [-0.4, -0.2) is 39.8 Å². The van der Waals surface area contributed by atoms with Gasteiger partial charge in [0.05, 0.1) is 6.42 Å². The fraction of sp³-hybridized carbons (Fsp3) is 0.222. The summed E-state index contributed by atoms with van der Waals surface area (Å²) in [6.45, 7) is 0.156. The van der Waals surface area contributed by atoms with Crippen LogP contribution in [0.1, 0.15) is 17.5 Å². The van der Waals surface area contributed by atoms with E-state index >= 15 is 0 Å². The molecule has 0 fully saturated rings. The number of aliphatic carboxylic acids is 1. The Bertz CT molecular complexity index is 1090.